The molecule has 0 N–H and O–H groups in total. The molecule has 0 nitrogen and oxygen atoms in total. The number of allylic oxidation sites excluding steroid dienone is 2. The zero-order valence-electron chi connectivity index (χ0n) is 8.73. The van der Waals surface area contributed by atoms with Gasteiger partial charge < -0.3 is 0 Å². The topological polar surface area (TPSA) is 0 Å². The molecule has 0 unspecified atom stereocenters. The van der Waals surface area contributed by atoms with E-state index in [9.17, 15) is 0 Å². The van der Waals surface area contributed by atoms with Gasteiger partial charge in [-0.15, -0.1) is 0 Å². The van der Waals surface area contributed by atoms with Gasteiger partial charge in [-0.3, -0.25) is 0 Å². The van der Waals surface area contributed by atoms with Gasteiger partial charge in [0.2, 0.25) is 0 Å². The zero-order chi connectivity index (χ0) is 9.23. The Hall–Kier alpha value is -0.260. The Balaban J connectivity index is 3.00. The summed E-state index contributed by atoms with van der Waals surface area (Å²) in [7, 11) is 0. The van der Waals surface area contributed by atoms with Gasteiger partial charge in [-0.1, -0.05) is 50.7 Å². The van der Waals surface area contributed by atoms with Gasteiger partial charge in [0.25, 0.3) is 0 Å². The summed E-state index contributed by atoms with van der Waals surface area (Å²) < 4.78 is 0. The highest BCUT2D eigenvalue weighted by molar-refractivity contribution is 4.94. The van der Waals surface area contributed by atoms with E-state index in [0.29, 0.717) is 0 Å². The van der Waals surface area contributed by atoms with Crippen molar-refractivity contribution in [1.82, 2.24) is 0 Å². The molecule has 0 aliphatic carbocycles. The lowest BCUT2D eigenvalue weighted by molar-refractivity contribution is 0.615. The van der Waals surface area contributed by atoms with Crippen LogP contribution in [-0.4, -0.2) is 0 Å². The maximum absolute atomic E-state index is 3.84. The van der Waals surface area contributed by atoms with Gasteiger partial charge in [-0.25, -0.2) is 0 Å². The SMILES string of the molecule is [CH2]CCCCCCC/C(C)=C/C. The van der Waals surface area contributed by atoms with E-state index in [2.05, 4.69) is 26.8 Å². The standard InChI is InChI=1S/C12H23/c1-4-6-7-8-9-10-11-12(3)5-2/h5H,1,4,6-11H2,2-3H3/b12-5+. The van der Waals surface area contributed by atoms with E-state index in [4.69, 9.17) is 0 Å². The third-order valence-electron chi connectivity index (χ3n) is 2.31. The lowest BCUT2D eigenvalue weighted by Gasteiger charge is -2.00. The summed E-state index contributed by atoms with van der Waals surface area (Å²) in [4.78, 5) is 0. The molecule has 12 heavy (non-hydrogen) atoms. The van der Waals surface area contributed by atoms with Gasteiger partial charge in [0, 0.05) is 0 Å². The largest absolute Gasteiger partial charge is 0.0887 e. The Morgan fingerprint density at radius 1 is 1.08 bits per heavy atom. The van der Waals surface area contributed by atoms with Crippen LogP contribution in [0.2, 0.25) is 0 Å². The van der Waals surface area contributed by atoms with Gasteiger partial charge in [0.15, 0.2) is 0 Å². The third kappa shape index (κ3) is 7.84. The van der Waals surface area contributed by atoms with E-state index < -0.39 is 0 Å². The second kappa shape index (κ2) is 8.83. The minimum Gasteiger partial charge on any atom is -0.0887 e. The summed E-state index contributed by atoms with van der Waals surface area (Å²) in [5.74, 6) is 0. The molecule has 0 aromatic heterocycles. The highest BCUT2D eigenvalue weighted by Gasteiger charge is 1.90. The molecular formula is C12H23. The summed E-state index contributed by atoms with van der Waals surface area (Å²) in [6.07, 6.45) is 11.5. The maximum atomic E-state index is 3.84. The predicted octanol–water partition coefficient (Wildman–Crippen LogP) is 4.52. The number of hydrogen-bond donors (Lipinski definition) is 0. The normalized spacial score (nSPS) is 12.1. The molecule has 0 fully saturated rings. The first kappa shape index (κ1) is 11.7. The van der Waals surface area contributed by atoms with Crippen LogP contribution in [0.5, 0.6) is 0 Å². The molecule has 0 spiro atoms. The quantitative estimate of drug-likeness (QED) is 0.386. The lowest BCUT2D eigenvalue weighted by Crippen LogP contribution is -1.80. The Kier molecular flexibility index (Phi) is 8.64. The average molecular weight is 167 g/mol. The lowest BCUT2D eigenvalue weighted by atomic mass is 10.1. The van der Waals surface area contributed by atoms with Crippen LogP contribution >= 0.6 is 0 Å². The van der Waals surface area contributed by atoms with Crippen LogP contribution in [0.25, 0.3) is 0 Å². The average Bonchev–Trinajstić information content (AvgIpc) is 2.10. The van der Waals surface area contributed by atoms with Crippen molar-refractivity contribution in [3.8, 4) is 0 Å². The predicted molar refractivity (Wildman–Crippen MR) is 57.1 cm³/mol. The summed E-state index contributed by atoms with van der Waals surface area (Å²) in [5.41, 5.74) is 1.53. The molecule has 0 rings (SSSR count). The van der Waals surface area contributed by atoms with Crippen molar-refractivity contribution in [3.05, 3.63) is 18.6 Å². The first-order valence-electron chi connectivity index (χ1n) is 5.22. The highest BCUT2D eigenvalue weighted by Crippen LogP contribution is 2.10. The molecular weight excluding hydrogens is 144 g/mol. The number of hydrogen-bond acceptors (Lipinski definition) is 0. The molecule has 0 heteroatoms. The van der Waals surface area contributed by atoms with Crippen molar-refractivity contribution in [2.75, 3.05) is 0 Å². The van der Waals surface area contributed by atoms with Crippen LogP contribution in [0.15, 0.2) is 11.6 Å². The molecule has 0 saturated carbocycles. The summed E-state index contributed by atoms with van der Waals surface area (Å²) in [6, 6.07) is 0. The summed E-state index contributed by atoms with van der Waals surface area (Å²) >= 11 is 0. The van der Waals surface area contributed by atoms with Crippen LogP contribution < -0.4 is 0 Å². The highest BCUT2D eigenvalue weighted by atomic mass is 14.0. The third-order valence-corrected chi connectivity index (χ3v) is 2.31. The fourth-order valence-corrected chi connectivity index (χ4v) is 1.26. The minimum absolute atomic E-state index is 1.11. The van der Waals surface area contributed by atoms with Crippen LogP contribution in [-0.2, 0) is 0 Å². The molecule has 0 heterocycles. The Bertz CT molecular complexity index is 111. The summed E-state index contributed by atoms with van der Waals surface area (Å²) in [6.45, 7) is 8.18. The van der Waals surface area contributed by atoms with E-state index in [1.54, 1.807) is 0 Å². The monoisotopic (exact) mass is 167 g/mol. The molecule has 0 atom stereocenters. The fourth-order valence-electron chi connectivity index (χ4n) is 1.26. The van der Waals surface area contributed by atoms with Gasteiger partial charge in [0.05, 0.1) is 0 Å². The maximum Gasteiger partial charge on any atom is -0.0323 e. The van der Waals surface area contributed by atoms with Crippen molar-refractivity contribution in [2.45, 2.75) is 58.8 Å². The first-order chi connectivity index (χ1) is 5.81. The van der Waals surface area contributed by atoms with Crippen molar-refractivity contribution in [2.24, 2.45) is 0 Å². The molecule has 0 aliphatic rings. The van der Waals surface area contributed by atoms with Gasteiger partial charge in [-0.05, 0) is 26.7 Å². The zero-order valence-corrected chi connectivity index (χ0v) is 8.73. The van der Waals surface area contributed by atoms with E-state index in [-0.39, 0.29) is 0 Å². The van der Waals surface area contributed by atoms with E-state index >= 15 is 0 Å². The van der Waals surface area contributed by atoms with Crippen LogP contribution in [0, 0.1) is 6.92 Å². The van der Waals surface area contributed by atoms with Crippen molar-refractivity contribution in [1.29, 1.82) is 0 Å². The molecule has 71 valence electrons. The molecule has 0 bridgehead atoms. The number of rotatable bonds is 7. The van der Waals surface area contributed by atoms with E-state index in [1.165, 1.54) is 44.1 Å². The molecule has 0 aromatic carbocycles. The second-order valence-electron chi connectivity index (χ2n) is 3.51. The van der Waals surface area contributed by atoms with Crippen LogP contribution in [0.1, 0.15) is 58.8 Å². The van der Waals surface area contributed by atoms with Crippen LogP contribution in [0.4, 0.5) is 0 Å². The molecule has 0 amide bonds. The minimum atomic E-state index is 1.11. The first-order valence-corrected chi connectivity index (χ1v) is 5.22. The van der Waals surface area contributed by atoms with Gasteiger partial charge >= 0.3 is 0 Å². The Morgan fingerprint density at radius 3 is 2.25 bits per heavy atom. The van der Waals surface area contributed by atoms with Crippen molar-refractivity contribution < 1.29 is 0 Å². The molecule has 0 aromatic rings. The Labute approximate surface area is 78.1 Å². The van der Waals surface area contributed by atoms with Gasteiger partial charge in [0.1, 0.15) is 0 Å². The molecule has 0 saturated heterocycles. The fraction of sp³-hybridized carbons (Fsp3) is 0.750. The van der Waals surface area contributed by atoms with E-state index in [1.807, 2.05) is 0 Å². The summed E-state index contributed by atoms with van der Waals surface area (Å²) in [5, 5.41) is 0. The Morgan fingerprint density at radius 2 is 1.67 bits per heavy atom. The van der Waals surface area contributed by atoms with Gasteiger partial charge in [-0.2, -0.15) is 0 Å². The van der Waals surface area contributed by atoms with E-state index in [0.717, 1.165) is 6.42 Å². The second-order valence-corrected chi connectivity index (χ2v) is 3.51. The van der Waals surface area contributed by atoms with Crippen LogP contribution in [0.3, 0.4) is 0 Å². The molecule has 1 radical (unpaired) electrons. The number of unbranched alkanes of at least 4 members (excludes halogenated alkanes) is 5. The van der Waals surface area contributed by atoms with Crippen molar-refractivity contribution >= 4 is 0 Å². The molecule has 0 aliphatic heterocycles. The van der Waals surface area contributed by atoms with Crippen molar-refractivity contribution in [3.63, 3.8) is 0 Å². The smallest absolute Gasteiger partial charge is 0.0323 e.